The maximum Gasteiger partial charge on any atom is 0.316 e. The number of nitrogens with zero attached hydrogens (tertiary/aromatic N) is 2. The second-order valence-electron chi connectivity index (χ2n) is 5.17. The molecule has 0 bridgehead atoms. The Kier molecular flexibility index (Phi) is 6.32. The van der Waals surface area contributed by atoms with Crippen molar-refractivity contribution in [3.8, 4) is 6.01 Å². The normalized spacial score (nSPS) is 21.2. The molecule has 1 fully saturated rings. The number of halogens is 1. The van der Waals surface area contributed by atoms with E-state index >= 15 is 0 Å². The van der Waals surface area contributed by atoms with Crippen molar-refractivity contribution in [2.24, 2.45) is 0 Å². The van der Waals surface area contributed by atoms with Crippen LogP contribution in [0.4, 0.5) is 9.18 Å². The van der Waals surface area contributed by atoms with Crippen LogP contribution >= 0.6 is 0 Å². The molecule has 22 heavy (non-hydrogen) atoms. The summed E-state index contributed by atoms with van der Waals surface area (Å²) in [6.45, 7) is 0.981. The van der Waals surface area contributed by atoms with Gasteiger partial charge in [0.2, 0.25) is 0 Å². The molecule has 8 heteroatoms. The number of hydrogen-bond donors (Lipinski definition) is 2. The van der Waals surface area contributed by atoms with Crippen molar-refractivity contribution in [2.45, 2.75) is 37.8 Å². The SMILES string of the molecule is COCCNC(=O)NC1CCC(Oc2ncc(F)cn2)CC1. The van der Waals surface area contributed by atoms with E-state index in [4.69, 9.17) is 9.47 Å². The van der Waals surface area contributed by atoms with Crippen LogP contribution in [0, 0.1) is 5.82 Å². The number of amides is 2. The van der Waals surface area contributed by atoms with Gasteiger partial charge in [0.05, 0.1) is 19.0 Å². The number of carbonyl (C=O) groups excluding carboxylic acids is 1. The maximum absolute atomic E-state index is 12.7. The average molecular weight is 312 g/mol. The van der Waals surface area contributed by atoms with Crippen molar-refractivity contribution < 1.29 is 18.7 Å². The summed E-state index contributed by atoms with van der Waals surface area (Å²) in [5.41, 5.74) is 0. The fourth-order valence-corrected chi connectivity index (χ4v) is 2.34. The number of ether oxygens (including phenoxy) is 2. The molecule has 1 saturated carbocycles. The van der Waals surface area contributed by atoms with Gasteiger partial charge in [-0.1, -0.05) is 0 Å². The zero-order valence-corrected chi connectivity index (χ0v) is 12.5. The minimum Gasteiger partial charge on any atom is -0.460 e. The summed E-state index contributed by atoms with van der Waals surface area (Å²) in [4.78, 5) is 19.2. The molecular formula is C14H21FN4O3. The zero-order chi connectivity index (χ0) is 15.8. The lowest BCUT2D eigenvalue weighted by atomic mass is 9.93. The molecule has 2 amide bonds. The number of carbonyl (C=O) groups is 1. The minimum atomic E-state index is -0.486. The van der Waals surface area contributed by atoms with Gasteiger partial charge in [-0.3, -0.25) is 0 Å². The van der Waals surface area contributed by atoms with Gasteiger partial charge in [0, 0.05) is 19.7 Å². The Hall–Kier alpha value is -1.96. The molecule has 7 nitrogen and oxygen atoms in total. The highest BCUT2D eigenvalue weighted by Crippen LogP contribution is 2.22. The minimum absolute atomic E-state index is 0.0000591. The Morgan fingerprint density at radius 2 is 2.00 bits per heavy atom. The summed E-state index contributed by atoms with van der Waals surface area (Å²) in [6, 6.07) is 0.148. The largest absolute Gasteiger partial charge is 0.460 e. The Morgan fingerprint density at radius 1 is 1.32 bits per heavy atom. The van der Waals surface area contributed by atoms with Crippen molar-refractivity contribution >= 4 is 6.03 Å². The van der Waals surface area contributed by atoms with E-state index in [0.717, 1.165) is 38.1 Å². The van der Waals surface area contributed by atoms with Gasteiger partial charge in [-0.2, -0.15) is 0 Å². The molecule has 0 aliphatic heterocycles. The first-order chi connectivity index (χ1) is 10.7. The van der Waals surface area contributed by atoms with Gasteiger partial charge in [-0.25, -0.2) is 19.2 Å². The topological polar surface area (TPSA) is 85.4 Å². The lowest BCUT2D eigenvalue weighted by Gasteiger charge is -2.28. The second-order valence-corrected chi connectivity index (χ2v) is 5.17. The van der Waals surface area contributed by atoms with Crippen molar-refractivity contribution in [2.75, 3.05) is 20.3 Å². The molecule has 1 aromatic heterocycles. The molecule has 0 saturated heterocycles. The van der Waals surface area contributed by atoms with E-state index in [1.165, 1.54) is 0 Å². The summed E-state index contributed by atoms with van der Waals surface area (Å²) in [5.74, 6) is -0.486. The number of urea groups is 1. The van der Waals surface area contributed by atoms with Crippen LogP contribution in [-0.4, -0.2) is 48.4 Å². The quantitative estimate of drug-likeness (QED) is 0.772. The van der Waals surface area contributed by atoms with Crippen LogP contribution in [0.3, 0.4) is 0 Å². The highest BCUT2D eigenvalue weighted by atomic mass is 19.1. The molecule has 1 aromatic rings. The smallest absolute Gasteiger partial charge is 0.316 e. The molecule has 1 aliphatic carbocycles. The molecule has 0 aromatic carbocycles. The van der Waals surface area contributed by atoms with Crippen LogP contribution < -0.4 is 15.4 Å². The van der Waals surface area contributed by atoms with Crippen LogP contribution in [0.25, 0.3) is 0 Å². The first-order valence-corrected chi connectivity index (χ1v) is 7.35. The van der Waals surface area contributed by atoms with E-state index in [1.54, 1.807) is 7.11 Å². The van der Waals surface area contributed by atoms with E-state index < -0.39 is 5.82 Å². The second kappa shape index (κ2) is 8.47. The monoisotopic (exact) mass is 312 g/mol. The number of hydrogen-bond acceptors (Lipinski definition) is 5. The predicted molar refractivity (Wildman–Crippen MR) is 77.1 cm³/mol. The fourth-order valence-electron chi connectivity index (χ4n) is 2.34. The van der Waals surface area contributed by atoms with E-state index in [9.17, 15) is 9.18 Å². The first-order valence-electron chi connectivity index (χ1n) is 7.35. The van der Waals surface area contributed by atoms with Crippen LogP contribution in [0.2, 0.25) is 0 Å². The summed E-state index contributed by atoms with van der Waals surface area (Å²) in [7, 11) is 1.59. The van der Waals surface area contributed by atoms with E-state index in [-0.39, 0.29) is 24.2 Å². The van der Waals surface area contributed by atoms with Crippen LogP contribution in [0.15, 0.2) is 12.4 Å². The number of nitrogens with one attached hydrogen (secondary N) is 2. The maximum atomic E-state index is 12.7. The van der Waals surface area contributed by atoms with Gasteiger partial charge >= 0.3 is 12.0 Å². The predicted octanol–water partition coefficient (Wildman–Crippen LogP) is 1.25. The summed E-state index contributed by atoms with van der Waals surface area (Å²) >= 11 is 0. The number of rotatable bonds is 6. The molecule has 1 heterocycles. The third-order valence-electron chi connectivity index (χ3n) is 3.47. The fraction of sp³-hybridized carbons (Fsp3) is 0.643. The zero-order valence-electron chi connectivity index (χ0n) is 12.5. The molecular weight excluding hydrogens is 291 g/mol. The lowest BCUT2D eigenvalue weighted by Crippen LogP contribution is -2.45. The number of aromatic nitrogens is 2. The highest BCUT2D eigenvalue weighted by Gasteiger charge is 2.24. The summed E-state index contributed by atoms with van der Waals surface area (Å²) in [5, 5.41) is 5.65. The van der Waals surface area contributed by atoms with Gasteiger partial charge in [-0.15, -0.1) is 0 Å². The van der Waals surface area contributed by atoms with Gasteiger partial charge in [0.25, 0.3) is 0 Å². The van der Waals surface area contributed by atoms with Crippen LogP contribution in [0.1, 0.15) is 25.7 Å². The lowest BCUT2D eigenvalue weighted by molar-refractivity contribution is 0.128. The van der Waals surface area contributed by atoms with Gasteiger partial charge < -0.3 is 20.1 Å². The first kappa shape index (κ1) is 16.4. The van der Waals surface area contributed by atoms with E-state index in [1.807, 2.05) is 0 Å². The third kappa shape index (κ3) is 5.44. The van der Waals surface area contributed by atoms with E-state index in [0.29, 0.717) is 13.2 Å². The molecule has 0 unspecified atom stereocenters. The van der Waals surface area contributed by atoms with Crippen LogP contribution in [-0.2, 0) is 4.74 Å². The Bertz CT molecular complexity index is 464. The molecule has 0 radical (unpaired) electrons. The molecule has 1 aliphatic rings. The molecule has 122 valence electrons. The number of methoxy groups -OCH3 is 1. The standard InChI is InChI=1S/C14H21FN4O3/c1-21-7-6-16-13(20)19-11-2-4-12(5-3-11)22-14-17-8-10(15)9-18-14/h8-9,11-12H,2-7H2,1H3,(H2,16,19,20). The molecule has 2 rings (SSSR count). The van der Waals surface area contributed by atoms with Gasteiger partial charge in [0.15, 0.2) is 5.82 Å². The Morgan fingerprint density at radius 3 is 2.64 bits per heavy atom. The summed E-state index contributed by atoms with van der Waals surface area (Å²) < 4.78 is 23.2. The van der Waals surface area contributed by atoms with Crippen LogP contribution in [0.5, 0.6) is 6.01 Å². The molecule has 2 N–H and O–H groups in total. The highest BCUT2D eigenvalue weighted by molar-refractivity contribution is 5.74. The molecule has 0 spiro atoms. The molecule has 0 atom stereocenters. The third-order valence-corrected chi connectivity index (χ3v) is 3.47. The Labute approximate surface area is 128 Å². The Balaban J connectivity index is 1.67. The van der Waals surface area contributed by atoms with Crippen molar-refractivity contribution in [3.05, 3.63) is 18.2 Å². The van der Waals surface area contributed by atoms with Gasteiger partial charge in [-0.05, 0) is 25.7 Å². The van der Waals surface area contributed by atoms with E-state index in [2.05, 4.69) is 20.6 Å². The average Bonchev–Trinajstić information content (AvgIpc) is 2.52. The van der Waals surface area contributed by atoms with Gasteiger partial charge in [0.1, 0.15) is 6.10 Å². The van der Waals surface area contributed by atoms with Crippen molar-refractivity contribution in [3.63, 3.8) is 0 Å². The van der Waals surface area contributed by atoms with Crippen molar-refractivity contribution in [1.29, 1.82) is 0 Å². The summed E-state index contributed by atoms with van der Waals surface area (Å²) in [6.07, 6.45) is 5.40. The van der Waals surface area contributed by atoms with Crippen molar-refractivity contribution in [1.82, 2.24) is 20.6 Å².